The van der Waals surface area contributed by atoms with Crippen LogP contribution in [-0.2, 0) is 11.3 Å². The quantitative estimate of drug-likeness (QED) is 0.244. The highest BCUT2D eigenvalue weighted by atomic mass is 16.5. The van der Waals surface area contributed by atoms with E-state index in [0.717, 1.165) is 16.7 Å². The van der Waals surface area contributed by atoms with Crippen molar-refractivity contribution in [2.24, 2.45) is 0 Å². The van der Waals surface area contributed by atoms with Crippen molar-refractivity contribution in [2.75, 3.05) is 13.7 Å². The lowest BCUT2D eigenvalue weighted by Crippen LogP contribution is -2.51. The maximum Gasteiger partial charge on any atom is 0.267 e. The van der Waals surface area contributed by atoms with Crippen LogP contribution >= 0.6 is 0 Å². The molecular formula is C26H25N3O4. The predicted octanol–water partition coefficient (Wildman–Crippen LogP) is 2.49. The fourth-order valence-electron chi connectivity index (χ4n) is 3.10. The second kappa shape index (κ2) is 12.1. The van der Waals surface area contributed by atoms with Gasteiger partial charge in [-0.3, -0.25) is 14.8 Å². The molecule has 0 fully saturated rings. The van der Waals surface area contributed by atoms with Gasteiger partial charge in [-0.25, -0.2) is 5.48 Å². The van der Waals surface area contributed by atoms with Gasteiger partial charge in [0.15, 0.2) is 0 Å². The highest BCUT2D eigenvalue weighted by Gasteiger charge is 2.21. The molecule has 7 nitrogen and oxygen atoms in total. The fraction of sp³-hybridized carbons (Fsp3) is 0.154. The normalized spacial score (nSPS) is 11.0. The average molecular weight is 444 g/mol. The number of para-hydroxylation sites is 1. The number of nitrogens with one attached hydrogen (secondary N) is 3. The maximum absolute atomic E-state index is 12.6. The Hall–Kier alpha value is -4.12. The third kappa shape index (κ3) is 6.94. The summed E-state index contributed by atoms with van der Waals surface area (Å²) in [6.07, 6.45) is 0. The molecule has 0 aliphatic carbocycles. The van der Waals surface area contributed by atoms with E-state index in [1.165, 1.54) is 0 Å². The summed E-state index contributed by atoms with van der Waals surface area (Å²) >= 11 is 0. The van der Waals surface area contributed by atoms with Crippen LogP contribution in [0.3, 0.4) is 0 Å². The van der Waals surface area contributed by atoms with Gasteiger partial charge in [-0.1, -0.05) is 48.2 Å². The number of hydrogen-bond acceptors (Lipinski definition) is 5. The molecule has 0 unspecified atom stereocenters. The molecule has 0 saturated carbocycles. The van der Waals surface area contributed by atoms with Gasteiger partial charge in [-0.15, -0.1) is 0 Å². The fourth-order valence-corrected chi connectivity index (χ4v) is 3.10. The number of carbonyl (C=O) groups excluding carboxylic acids is 2. The summed E-state index contributed by atoms with van der Waals surface area (Å²) in [6.45, 7) is 0.528. The highest BCUT2D eigenvalue weighted by molar-refractivity contribution is 5.97. The number of hydroxylamine groups is 1. The SMILES string of the molecule is COc1ccccc1CNC[C@H](NC(=O)c1ccc(C#Cc2ccccc2)cc1)C(=O)NO. The summed E-state index contributed by atoms with van der Waals surface area (Å²) in [7, 11) is 1.58. The Balaban J connectivity index is 1.60. The lowest BCUT2D eigenvalue weighted by atomic mass is 10.1. The van der Waals surface area contributed by atoms with Crippen LogP contribution in [0, 0.1) is 11.8 Å². The van der Waals surface area contributed by atoms with Gasteiger partial charge in [0.1, 0.15) is 11.8 Å². The standard InChI is InChI=1S/C26H25N3O4/c1-33-24-10-6-5-9-22(24)17-27-18-23(26(31)29-32)28-25(30)21-15-13-20(14-16-21)12-11-19-7-3-2-4-8-19/h2-10,13-16,23,27,32H,17-18H2,1H3,(H,28,30)(H,29,31)/t23-/m0/s1. The molecule has 1 atom stereocenters. The molecule has 0 aliphatic rings. The van der Waals surface area contributed by atoms with Gasteiger partial charge in [-0.05, 0) is 42.5 Å². The maximum atomic E-state index is 12.6. The number of methoxy groups -OCH3 is 1. The van der Waals surface area contributed by atoms with E-state index in [1.807, 2.05) is 54.6 Å². The molecule has 0 spiro atoms. The summed E-state index contributed by atoms with van der Waals surface area (Å²) in [5.74, 6) is 5.66. The van der Waals surface area contributed by atoms with Gasteiger partial charge < -0.3 is 15.4 Å². The third-order valence-corrected chi connectivity index (χ3v) is 4.86. The summed E-state index contributed by atoms with van der Waals surface area (Å²) in [4.78, 5) is 24.7. The van der Waals surface area contributed by atoms with E-state index in [9.17, 15) is 9.59 Å². The van der Waals surface area contributed by atoms with E-state index in [0.29, 0.717) is 17.9 Å². The van der Waals surface area contributed by atoms with Crippen molar-refractivity contribution in [1.29, 1.82) is 0 Å². The van der Waals surface area contributed by atoms with Crippen LogP contribution in [0.15, 0.2) is 78.9 Å². The lowest BCUT2D eigenvalue weighted by Gasteiger charge is -2.18. The minimum absolute atomic E-state index is 0.108. The largest absolute Gasteiger partial charge is 0.496 e. The zero-order valence-corrected chi connectivity index (χ0v) is 18.2. The Morgan fingerprint density at radius 1 is 0.909 bits per heavy atom. The molecule has 0 heterocycles. The summed E-state index contributed by atoms with van der Waals surface area (Å²) < 4.78 is 5.31. The summed E-state index contributed by atoms with van der Waals surface area (Å²) in [5, 5.41) is 14.8. The van der Waals surface area contributed by atoms with Gasteiger partial charge in [0.25, 0.3) is 11.8 Å². The Morgan fingerprint density at radius 3 is 2.21 bits per heavy atom. The number of amides is 2. The lowest BCUT2D eigenvalue weighted by molar-refractivity contribution is -0.131. The van der Waals surface area contributed by atoms with Gasteiger partial charge in [-0.2, -0.15) is 0 Å². The first kappa shape index (κ1) is 23.5. The Morgan fingerprint density at radius 2 is 1.55 bits per heavy atom. The molecule has 7 heteroatoms. The second-order valence-electron chi connectivity index (χ2n) is 7.14. The molecule has 0 bridgehead atoms. The average Bonchev–Trinajstić information content (AvgIpc) is 2.87. The van der Waals surface area contributed by atoms with E-state index in [-0.39, 0.29) is 6.54 Å². The highest BCUT2D eigenvalue weighted by Crippen LogP contribution is 2.16. The van der Waals surface area contributed by atoms with E-state index in [1.54, 1.807) is 36.9 Å². The Labute approximate surface area is 192 Å². The van der Waals surface area contributed by atoms with Crippen molar-refractivity contribution >= 4 is 11.8 Å². The molecular weight excluding hydrogens is 418 g/mol. The molecule has 3 aromatic carbocycles. The first-order valence-electron chi connectivity index (χ1n) is 10.3. The minimum atomic E-state index is -0.977. The van der Waals surface area contributed by atoms with E-state index >= 15 is 0 Å². The number of ether oxygens (including phenoxy) is 1. The van der Waals surface area contributed by atoms with Crippen molar-refractivity contribution in [2.45, 2.75) is 12.6 Å². The first-order chi connectivity index (χ1) is 16.1. The second-order valence-corrected chi connectivity index (χ2v) is 7.14. The van der Waals surface area contributed by atoms with Gasteiger partial charge in [0, 0.05) is 35.3 Å². The van der Waals surface area contributed by atoms with Crippen LogP contribution in [0.25, 0.3) is 0 Å². The minimum Gasteiger partial charge on any atom is -0.496 e. The number of rotatable bonds is 8. The molecule has 0 radical (unpaired) electrons. The van der Waals surface area contributed by atoms with E-state index in [2.05, 4.69) is 22.5 Å². The molecule has 33 heavy (non-hydrogen) atoms. The van der Waals surface area contributed by atoms with Crippen LogP contribution in [0.1, 0.15) is 27.0 Å². The number of hydrogen-bond donors (Lipinski definition) is 4. The van der Waals surface area contributed by atoms with Crippen LogP contribution < -0.4 is 20.9 Å². The molecule has 0 aromatic heterocycles. The van der Waals surface area contributed by atoms with E-state index in [4.69, 9.17) is 9.94 Å². The predicted molar refractivity (Wildman–Crippen MR) is 125 cm³/mol. The van der Waals surface area contributed by atoms with Crippen LogP contribution in [0.5, 0.6) is 5.75 Å². The van der Waals surface area contributed by atoms with E-state index < -0.39 is 17.9 Å². The molecule has 168 valence electrons. The molecule has 4 N–H and O–H groups in total. The van der Waals surface area contributed by atoms with Crippen molar-refractivity contribution < 1.29 is 19.5 Å². The smallest absolute Gasteiger partial charge is 0.267 e. The van der Waals surface area contributed by atoms with Crippen LogP contribution in [0.2, 0.25) is 0 Å². The summed E-state index contributed by atoms with van der Waals surface area (Å²) in [5.41, 5.74) is 4.54. The van der Waals surface area contributed by atoms with Crippen molar-refractivity contribution in [1.82, 2.24) is 16.1 Å². The third-order valence-electron chi connectivity index (χ3n) is 4.86. The zero-order valence-electron chi connectivity index (χ0n) is 18.2. The zero-order chi connectivity index (χ0) is 23.5. The molecule has 0 aliphatic heterocycles. The van der Waals surface area contributed by atoms with Crippen LogP contribution in [0.4, 0.5) is 0 Å². The monoisotopic (exact) mass is 443 g/mol. The molecule has 2 amide bonds. The van der Waals surface area contributed by atoms with Crippen LogP contribution in [-0.4, -0.2) is 36.7 Å². The first-order valence-corrected chi connectivity index (χ1v) is 10.3. The van der Waals surface area contributed by atoms with Crippen molar-refractivity contribution in [3.63, 3.8) is 0 Å². The van der Waals surface area contributed by atoms with Gasteiger partial charge in [0.2, 0.25) is 0 Å². The number of carbonyl (C=O) groups is 2. The summed E-state index contributed by atoms with van der Waals surface area (Å²) in [6, 6.07) is 22.9. The van der Waals surface area contributed by atoms with Crippen molar-refractivity contribution in [3.8, 4) is 17.6 Å². The number of benzene rings is 3. The van der Waals surface area contributed by atoms with Crippen molar-refractivity contribution in [3.05, 3.63) is 101 Å². The van der Waals surface area contributed by atoms with Gasteiger partial charge >= 0.3 is 0 Å². The molecule has 0 saturated heterocycles. The van der Waals surface area contributed by atoms with Gasteiger partial charge in [0.05, 0.1) is 7.11 Å². The molecule has 3 aromatic rings. The topological polar surface area (TPSA) is 99.7 Å². The molecule has 3 rings (SSSR count). The Kier molecular flexibility index (Phi) is 8.60. The Bertz CT molecular complexity index is 1140.